The number of aliphatic imine (C=N–C) groups is 1. The van der Waals surface area contributed by atoms with Crippen molar-refractivity contribution < 1.29 is 13.9 Å². The van der Waals surface area contributed by atoms with Crippen LogP contribution in [-0.2, 0) is 4.74 Å². The number of benzene rings is 1. The van der Waals surface area contributed by atoms with Crippen LogP contribution in [0.15, 0.2) is 47.1 Å². The lowest BCUT2D eigenvalue weighted by molar-refractivity contribution is 0.112. The van der Waals surface area contributed by atoms with Crippen molar-refractivity contribution in [2.75, 3.05) is 13.7 Å². The van der Waals surface area contributed by atoms with Crippen LogP contribution in [0.2, 0.25) is 5.02 Å². The van der Waals surface area contributed by atoms with Crippen molar-refractivity contribution in [2.45, 2.75) is 19.3 Å². The molecule has 0 fully saturated rings. The molecular weight excluding hydrogens is 319 g/mol. The second-order valence-electron chi connectivity index (χ2n) is 4.80. The van der Waals surface area contributed by atoms with Gasteiger partial charge in [0.2, 0.25) is 0 Å². The first-order valence-corrected chi connectivity index (χ1v) is 7.52. The van der Waals surface area contributed by atoms with Crippen LogP contribution in [0, 0.1) is 5.82 Å². The highest BCUT2D eigenvalue weighted by Gasteiger charge is 1.99. The molecule has 1 aromatic rings. The highest BCUT2D eigenvalue weighted by atomic mass is 35.5. The van der Waals surface area contributed by atoms with Gasteiger partial charge in [0, 0.05) is 18.4 Å². The van der Waals surface area contributed by atoms with E-state index < -0.39 is 5.82 Å². The van der Waals surface area contributed by atoms with Crippen LogP contribution in [0.1, 0.15) is 29.6 Å². The quantitative estimate of drug-likeness (QED) is 0.514. The second-order valence-corrected chi connectivity index (χ2v) is 5.21. The average molecular weight is 339 g/mol. The largest absolute Gasteiger partial charge is 0.385 e. The third kappa shape index (κ3) is 7.72. The maximum Gasteiger partial charge on any atom is 0.151 e. The lowest BCUT2D eigenvalue weighted by Crippen LogP contribution is -2.18. The Bertz CT molecular complexity index is 613. The highest BCUT2D eigenvalue weighted by molar-refractivity contribution is 6.32. The van der Waals surface area contributed by atoms with Gasteiger partial charge in [0.05, 0.1) is 5.02 Å². The van der Waals surface area contributed by atoms with Gasteiger partial charge in [0.15, 0.2) is 6.29 Å². The minimum atomic E-state index is -0.452. The lowest BCUT2D eigenvalue weighted by Gasteiger charge is -2.01. The first kappa shape index (κ1) is 19.1. The Morgan fingerprint density at radius 3 is 2.96 bits per heavy atom. The Balaban J connectivity index is 0.000000238. The SMILES string of the molecule is COCC(N)=NC1=CC=CCCC1.O=Cc1cc(F)ccc1Cl. The number of methoxy groups -OCH3 is 1. The molecule has 0 aliphatic heterocycles. The Morgan fingerprint density at radius 1 is 1.52 bits per heavy atom. The fourth-order valence-corrected chi connectivity index (χ4v) is 1.98. The number of halogens is 2. The maximum atomic E-state index is 12.3. The van der Waals surface area contributed by atoms with Crippen molar-refractivity contribution in [3.63, 3.8) is 0 Å². The molecule has 4 nitrogen and oxygen atoms in total. The fourth-order valence-electron chi connectivity index (χ4n) is 1.82. The van der Waals surface area contributed by atoms with Crippen LogP contribution < -0.4 is 5.73 Å². The molecule has 0 spiro atoms. The number of ether oxygens (including phenoxy) is 1. The monoisotopic (exact) mass is 338 g/mol. The van der Waals surface area contributed by atoms with Gasteiger partial charge >= 0.3 is 0 Å². The standard InChI is InChI=1S/C10H16N2O.C7H4ClFO/c1-13-8-10(11)12-9-6-4-2-3-5-7-9;8-7-2-1-6(9)3-5(7)4-10/h2,4,6H,3,5,7-8H2,1H3,(H2,11,12);1-4H. The van der Waals surface area contributed by atoms with Crippen molar-refractivity contribution in [3.8, 4) is 0 Å². The summed E-state index contributed by atoms with van der Waals surface area (Å²) < 4.78 is 17.2. The molecule has 1 aromatic carbocycles. The number of carbonyl (C=O) groups is 1. The van der Waals surface area contributed by atoms with E-state index >= 15 is 0 Å². The summed E-state index contributed by atoms with van der Waals surface area (Å²) in [6.45, 7) is 0.404. The smallest absolute Gasteiger partial charge is 0.151 e. The van der Waals surface area contributed by atoms with E-state index in [1.54, 1.807) is 7.11 Å². The number of aldehydes is 1. The van der Waals surface area contributed by atoms with E-state index in [2.05, 4.69) is 11.1 Å². The van der Waals surface area contributed by atoms with Gasteiger partial charge in [-0.3, -0.25) is 4.79 Å². The van der Waals surface area contributed by atoms with E-state index in [-0.39, 0.29) is 10.6 Å². The molecule has 6 heteroatoms. The summed E-state index contributed by atoms with van der Waals surface area (Å²) in [4.78, 5) is 14.4. The average Bonchev–Trinajstić information content (AvgIpc) is 2.79. The molecule has 0 saturated heterocycles. The Hall–Kier alpha value is -1.98. The van der Waals surface area contributed by atoms with E-state index in [0.29, 0.717) is 18.7 Å². The Morgan fingerprint density at radius 2 is 2.30 bits per heavy atom. The van der Waals surface area contributed by atoms with Crippen LogP contribution in [-0.4, -0.2) is 25.8 Å². The van der Waals surface area contributed by atoms with Crippen molar-refractivity contribution in [3.05, 3.63) is 58.5 Å². The van der Waals surface area contributed by atoms with E-state index in [4.69, 9.17) is 22.1 Å². The van der Waals surface area contributed by atoms with Crippen molar-refractivity contribution >= 4 is 23.7 Å². The predicted octanol–water partition coefficient (Wildman–Crippen LogP) is 3.91. The number of nitrogens with two attached hydrogens (primary N) is 1. The van der Waals surface area contributed by atoms with Crippen LogP contribution >= 0.6 is 11.6 Å². The summed E-state index contributed by atoms with van der Waals surface area (Å²) in [7, 11) is 1.61. The number of amidine groups is 1. The molecule has 1 aliphatic rings. The van der Waals surface area contributed by atoms with Crippen molar-refractivity contribution in [1.82, 2.24) is 0 Å². The topological polar surface area (TPSA) is 64.7 Å². The fraction of sp³-hybridized carbons (Fsp3) is 0.294. The molecule has 0 heterocycles. The zero-order valence-corrected chi connectivity index (χ0v) is 13.7. The molecule has 0 amide bonds. The van der Waals surface area contributed by atoms with Crippen molar-refractivity contribution in [2.24, 2.45) is 10.7 Å². The summed E-state index contributed by atoms with van der Waals surface area (Å²) in [5.74, 6) is 0.0931. The molecule has 2 rings (SSSR count). The molecule has 0 unspecified atom stereocenters. The summed E-state index contributed by atoms with van der Waals surface area (Å²) >= 11 is 5.50. The van der Waals surface area contributed by atoms with Gasteiger partial charge in [0.25, 0.3) is 0 Å². The summed E-state index contributed by atoms with van der Waals surface area (Å²) in [6.07, 6.45) is 9.98. The molecule has 0 aromatic heterocycles. The molecule has 0 atom stereocenters. The second kappa shape index (κ2) is 10.7. The molecule has 1 aliphatic carbocycles. The molecule has 0 radical (unpaired) electrons. The predicted molar refractivity (Wildman–Crippen MR) is 91.4 cm³/mol. The van der Waals surface area contributed by atoms with Crippen LogP contribution in [0.3, 0.4) is 0 Å². The third-order valence-corrected chi connectivity index (χ3v) is 3.24. The minimum Gasteiger partial charge on any atom is -0.385 e. The minimum absolute atomic E-state index is 0.182. The molecule has 2 N–H and O–H groups in total. The number of carbonyl (C=O) groups excluding carboxylic acids is 1. The van der Waals surface area contributed by atoms with Gasteiger partial charge in [-0.25, -0.2) is 9.38 Å². The molecule has 0 saturated carbocycles. The number of allylic oxidation sites excluding steroid dienone is 4. The van der Waals surface area contributed by atoms with E-state index in [0.717, 1.165) is 31.0 Å². The molecule has 124 valence electrons. The lowest BCUT2D eigenvalue weighted by atomic mass is 10.2. The van der Waals surface area contributed by atoms with Gasteiger partial charge in [-0.15, -0.1) is 0 Å². The third-order valence-electron chi connectivity index (χ3n) is 2.89. The number of nitrogens with zero attached hydrogens (tertiary/aromatic N) is 1. The first-order chi connectivity index (χ1) is 11.1. The van der Waals surface area contributed by atoms with Crippen LogP contribution in [0.5, 0.6) is 0 Å². The number of hydrogen-bond acceptors (Lipinski definition) is 3. The summed E-state index contributed by atoms with van der Waals surface area (Å²) in [5.41, 5.74) is 6.85. The van der Waals surface area contributed by atoms with Gasteiger partial charge in [-0.1, -0.05) is 23.8 Å². The van der Waals surface area contributed by atoms with Gasteiger partial charge < -0.3 is 10.5 Å². The van der Waals surface area contributed by atoms with Gasteiger partial charge in [0.1, 0.15) is 18.3 Å². The van der Waals surface area contributed by atoms with Crippen LogP contribution in [0.4, 0.5) is 4.39 Å². The van der Waals surface area contributed by atoms with E-state index in [1.807, 2.05) is 12.2 Å². The zero-order valence-electron chi connectivity index (χ0n) is 13.0. The Labute approximate surface area is 140 Å². The van der Waals surface area contributed by atoms with Gasteiger partial charge in [-0.2, -0.15) is 0 Å². The van der Waals surface area contributed by atoms with Crippen LogP contribution in [0.25, 0.3) is 0 Å². The molecule has 23 heavy (non-hydrogen) atoms. The number of rotatable bonds is 4. The van der Waals surface area contributed by atoms with E-state index in [9.17, 15) is 9.18 Å². The highest BCUT2D eigenvalue weighted by Crippen LogP contribution is 2.14. The van der Waals surface area contributed by atoms with Crippen molar-refractivity contribution in [1.29, 1.82) is 0 Å². The Kier molecular flexibility index (Phi) is 8.87. The first-order valence-electron chi connectivity index (χ1n) is 7.14. The molecular formula is C17H20ClFN2O2. The summed E-state index contributed by atoms with van der Waals surface area (Å²) in [6, 6.07) is 3.64. The van der Waals surface area contributed by atoms with E-state index in [1.165, 1.54) is 12.1 Å². The normalized spacial score (nSPS) is 14.4. The maximum absolute atomic E-state index is 12.3. The number of hydrogen-bond donors (Lipinski definition) is 1. The zero-order chi connectivity index (χ0) is 17.1. The van der Waals surface area contributed by atoms with Gasteiger partial charge in [-0.05, 0) is 43.5 Å². The molecule has 0 bridgehead atoms. The summed E-state index contributed by atoms with van der Waals surface area (Å²) in [5, 5.41) is 0.274.